The van der Waals surface area contributed by atoms with Gasteiger partial charge in [0.05, 0.1) is 4.92 Å². The Balaban J connectivity index is 1.79. The second-order valence-corrected chi connectivity index (χ2v) is 6.68. The van der Waals surface area contributed by atoms with Crippen molar-refractivity contribution in [2.45, 2.75) is 20.3 Å². The second-order valence-electron chi connectivity index (χ2n) is 6.68. The molecule has 136 valence electrons. The van der Waals surface area contributed by atoms with E-state index in [1.807, 2.05) is 61.2 Å². The van der Waals surface area contributed by atoms with Crippen LogP contribution >= 0.6 is 0 Å². The molecule has 0 bridgehead atoms. The van der Waals surface area contributed by atoms with E-state index in [4.69, 9.17) is 0 Å². The van der Waals surface area contributed by atoms with E-state index in [1.54, 1.807) is 0 Å². The molecule has 3 aromatic rings. The maximum Gasteiger partial charge on any atom is 0.354 e. The van der Waals surface area contributed by atoms with Crippen molar-refractivity contribution >= 4 is 28.7 Å². The molecule has 27 heavy (non-hydrogen) atoms. The van der Waals surface area contributed by atoms with Crippen LogP contribution in [0.5, 0.6) is 0 Å². The molecule has 0 radical (unpaired) electrons. The van der Waals surface area contributed by atoms with Crippen molar-refractivity contribution in [2.75, 3.05) is 16.8 Å². The zero-order valence-electron chi connectivity index (χ0n) is 15.1. The molecule has 7 nitrogen and oxygen atoms in total. The Morgan fingerprint density at radius 1 is 1.11 bits per heavy atom. The number of nitro groups is 1. The van der Waals surface area contributed by atoms with Crippen molar-refractivity contribution in [3.05, 3.63) is 75.6 Å². The molecule has 0 saturated carbocycles. The number of hydrogen-bond acceptors (Lipinski definition) is 6. The fourth-order valence-corrected chi connectivity index (χ4v) is 3.57. The largest absolute Gasteiger partial charge is 0.354 e. The monoisotopic (exact) mass is 361 g/mol. The standard InChI is InChI=1S/C20H19N5O2/c1-13-9-14(2)11-16(10-13)23-19-18(25(26)27)20(22-12-21-19)24-8-7-15-5-3-4-6-17(15)24/h3-6,9-12H,7-8H2,1-2H3,(H,21,22,23). The van der Waals surface area contributed by atoms with Gasteiger partial charge in [-0.25, -0.2) is 9.97 Å². The van der Waals surface area contributed by atoms with Gasteiger partial charge in [-0.2, -0.15) is 0 Å². The van der Waals surface area contributed by atoms with E-state index in [2.05, 4.69) is 15.3 Å². The number of rotatable bonds is 4. The fourth-order valence-electron chi connectivity index (χ4n) is 3.57. The highest BCUT2D eigenvalue weighted by Gasteiger charge is 2.31. The number of aromatic nitrogens is 2. The minimum Gasteiger partial charge on any atom is -0.334 e. The van der Waals surface area contributed by atoms with Crippen LogP contribution in [0.3, 0.4) is 0 Å². The number of anilines is 4. The smallest absolute Gasteiger partial charge is 0.334 e. The zero-order valence-corrected chi connectivity index (χ0v) is 15.1. The highest BCUT2D eigenvalue weighted by atomic mass is 16.6. The van der Waals surface area contributed by atoms with Crippen LogP contribution in [0.1, 0.15) is 16.7 Å². The van der Waals surface area contributed by atoms with E-state index in [0.29, 0.717) is 12.4 Å². The number of nitrogens with one attached hydrogen (secondary N) is 1. The number of nitrogens with zero attached hydrogens (tertiary/aromatic N) is 4. The van der Waals surface area contributed by atoms with Crippen LogP contribution in [0, 0.1) is 24.0 Å². The van der Waals surface area contributed by atoms with Crippen molar-refractivity contribution < 1.29 is 4.92 Å². The zero-order chi connectivity index (χ0) is 19.0. The summed E-state index contributed by atoms with van der Waals surface area (Å²) >= 11 is 0. The van der Waals surface area contributed by atoms with Crippen LogP contribution in [0.25, 0.3) is 0 Å². The molecule has 0 fully saturated rings. The third-order valence-electron chi connectivity index (χ3n) is 4.61. The fraction of sp³-hybridized carbons (Fsp3) is 0.200. The van der Waals surface area contributed by atoms with Crippen LogP contribution in [-0.4, -0.2) is 21.4 Å². The second kappa shape index (κ2) is 6.68. The van der Waals surface area contributed by atoms with Crippen LogP contribution in [-0.2, 0) is 6.42 Å². The molecule has 0 aliphatic carbocycles. The molecule has 1 aliphatic heterocycles. The van der Waals surface area contributed by atoms with E-state index >= 15 is 0 Å². The Bertz CT molecular complexity index is 1010. The third-order valence-corrected chi connectivity index (χ3v) is 4.61. The average molecular weight is 361 g/mol. The van der Waals surface area contributed by atoms with Crippen LogP contribution < -0.4 is 10.2 Å². The minimum atomic E-state index is -0.415. The number of fused-ring (bicyclic) bond motifs is 1. The summed E-state index contributed by atoms with van der Waals surface area (Å²) in [6.45, 7) is 4.62. The number of para-hydroxylation sites is 1. The van der Waals surface area contributed by atoms with E-state index in [1.165, 1.54) is 6.33 Å². The van der Waals surface area contributed by atoms with Gasteiger partial charge in [-0.05, 0) is 55.2 Å². The summed E-state index contributed by atoms with van der Waals surface area (Å²) in [5, 5.41) is 15.0. The molecule has 0 amide bonds. The highest BCUT2D eigenvalue weighted by molar-refractivity contribution is 5.80. The van der Waals surface area contributed by atoms with Crippen molar-refractivity contribution in [1.82, 2.24) is 9.97 Å². The van der Waals surface area contributed by atoms with Gasteiger partial charge in [-0.15, -0.1) is 0 Å². The number of aryl methyl sites for hydroxylation is 2. The molecule has 1 aliphatic rings. The van der Waals surface area contributed by atoms with Gasteiger partial charge in [0.1, 0.15) is 6.33 Å². The summed E-state index contributed by atoms with van der Waals surface area (Å²) in [5.74, 6) is 0.506. The quantitative estimate of drug-likeness (QED) is 0.546. The molecule has 2 aromatic carbocycles. The van der Waals surface area contributed by atoms with Gasteiger partial charge in [-0.1, -0.05) is 24.3 Å². The molecular formula is C20H19N5O2. The molecule has 1 aromatic heterocycles. The van der Waals surface area contributed by atoms with Crippen molar-refractivity contribution in [3.63, 3.8) is 0 Å². The SMILES string of the molecule is Cc1cc(C)cc(Nc2ncnc(N3CCc4ccccc43)c2[N+](=O)[O-])c1. The molecule has 0 atom stereocenters. The van der Waals surface area contributed by atoms with E-state index in [-0.39, 0.29) is 11.5 Å². The number of benzene rings is 2. The van der Waals surface area contributed by atoms with Crippen molar-refractivity contribution in [3.8, 4) is 0 Å². The average Bonchev–Trinajstić information content (AvgIpc) is 3.04. The van der Waals surface area contributed by atoms with Crippen molar-refractivity contribution in [1.29, 1.82) is 0 Å². The topological polar surface area (TPSA) is 84.2 Å². The Hall–Kier alpha value is -3.48. The Morgan fingerprint density at radius 2 is 1.85 bits per heavy atom. The van der Waals surface area contributed by atoms with Crippen molar-refractivity contribution in [2.24, 2.45) is 0 Å². The predicted octanol–water partition coefficient (Wildman–Crippen LogP) is 4.44. The van der Waals surface area contributed by atoms with Crippen LogP contribution in [0.2, 0.25) is 0 Å². The van der Waals surface area contributed by atoms with Gasteiger partial charge in [-0.3, -0.25) is 10.1 Å². The lowest BCUT2D eigenvalue weighted by atomic mass is 10.1. The van der Waals surface area contributed by atoms with Gasteiger partial charge in [0.15, 0.2) is 0 Å². The van der Waals surface area contributed by atoms with Crippen LogP contribution in [0.15, 0.2) is 48.8 Å². The van der Waals surface area contributed by atoms with Gasteiger partial charge in [0, 0.05) is 17.9 Å². The summed E-state index contributed by atoms with van der Waals surface area (Å²) in [5.41, 5.74) is 4.91. The Labute approximate surface area is 156 Å². The summed E-state index contributed by atoms with van der Waals surface area (Å²) in [7, 11) is 0. The Kier molecular flexibility index (Phi) is 4.19. The first-order valence-electron chi connectivity index (χ1n) is 8.73. The van der Waals surface area contributed by atoms with E-state index in [9.17, 15) is 10.1 Å². The summed E-state index contributed by atoms with van der Waals surface area (Å²) in [4.78, 5) is 21.8. The maximum atomic E-state index is 11.9. The third kappa shape index (κ3) is 3.19. The van der Waals surface area contributed by atoms with Gasteiger partial charge in [0.25, 0.3) is 0 Å². The first kappa shape index (κ1) is 17.0. The first-order chi connectivity index (χ1) is 13.0. The molecule has 0 saturated heterocycles. The lowest BCUT2D eigenvalue weighted by molar-refractivity contribution is -0.383. The lowest BCUT2D eigenvalue weighted by Gasteiger charge is -2.19. The number of hydrogen-bond donors (Lipinski definition) is 1. The molecule has 0 unspecified atom stereocenters. The van der Waals surface area contributed by atoms with Gasteiger partial charge in [0.2, 0.25) is 11.6 Å². The first-order valence-corrected chi connectivity index (χ1v) is 8.73. The molecule has 2 heterocycles. The molecule has 0 spiro atoms. The van der Waals surface area contributed by atoms with E-state index < -0.39 is 4.92 Å². The Morgan fingerprint density at radius 3 is 2.59 bits per heavy atom. The summed E-state index contributed by atoms with van der Waals surface area (Å²) < 4.78 is 0. The summed E-state index contributed by atoms with van der Waals surface area (Å²) in [6, 6.07) is 13.8. The lowest BCUT2D eigenvalue weighted by Crippen LogP contribution is -2.17. The van der Waals surface area contributed by atoms with Crippen LogP contribution in [0.4, 0.5) is 28.7 Å². The predicted molar refractivity (Wildman–Crippen MR) is 105 cm³/mol. The molecular weight excluding hydrogens is 342 g/mol. The molecule has 1 N–H and O–H groups in total. The van der Waals surface area contributed by atoms with Gasteiger partial charge >= 0.3 is 5.69 Å². The normalized spacial score (nSPS) is 12.7. The minimum absolute atomic E-state index is 0.117. The highest BCUT2D eigenvalue weighted by Crippen LogP contribution is 2.40. The van der Waals surface area contributed by atoms with E-state index in [0.717, 1.165) is 34.5 Å². The maximum absolute atomic E-state index is 11.9. The molecule has 4 rings (SSSR count). The van der Waals surface area contributed by atoms with Gasteiger partial charge < -0.3 is 10.2 Å². The molecule has 7 heteroatoms. The summed E-state index contributed by atoms with van der Waals surface area (Å²) in [6.07, 6.45) is 2.20.